The highest BCUT2D eigenvalue weighted by Gasteiger charge is 2.24. The number of esters is 1. The van der Waals surface area contributed by atoms with E-state index in [2.05, 4.69) is 10.6 Å². The van der Waals surface area contributed by atoms with Crippen molar-refractivity contribution in [2.75, 3.05) is 65.6 Å². The third kappa shape index (κ3) is 9.27. The summed E-state index contributed by atoms with van der Waals surface area (Å²) in [6, 6.07) is -0.137. The molecule has 172 valence electrons. The summed E-state index contributed by atoms with van der Waals surface area (Å²) < 4.78 is 11.0. The second-order valence-electron chi connectivity index (χ2n) is 7.93. The fourth-order valence-corrected chi connectivity index (χ4v) is 3.80. The van der Waals surface area contributed by atoms with E-state index >= 15 is 0 Å². The summed E-state index contributed by atoms with van der Waals surface area (Å²) in [5, 5.41) is 6.22. The van der Waals surface area contributed by atoms with Crippen molar-refractivity contribution < 1.29 is 23.9 Å². The molecule has 10 heteroatoms. The molecule has 2 aliphatic heterocycles. The number of primary amides is 1. The van der Waals surface area contributed by atoms with E-state index in [-0.39, 0.29) is 31.8 Å². The number of nitrogens with one attached hydrogen (secondary N) is 2. The van der Waals surface area contributed by atoms with Crippen molar-refractivity contribution >= 4 is 17.9 Å². The lowest BCUT2D eigenvalue weighted by Crippen LogP contribution is -2.48. The molecule has 2 aliphatic rings. The number of carbonyl (C=O) groups is 3. The topological polar surface area (TPSA) is 126 Å². The molecule has 4 N–H and O–H groups in total. The second-order valence-corrected chi connectivity index (χ2v) is 7.93. The SMILES string of the molecule is CCOC(=O)CN(CCNC(=O)N1CCC(OCC2CCNCC2)CC1)CC(N)=O. The molecule has 0 aromatic carbocycles. The van der Waals surface area contributed by atoms with Gasteiger partial charge >= 0.3 is 12.0 Å². The summed E-state index contributed by atoms with van der Waals surface area (Å²) in [4.78, 5) is 38.6. The highest BCUT2D eigenvalue weighted by Crippen LogP contribution is 2.18. The number of hydrogen-bond donors (Lipinski definition) is 3. The third-order valence-electron chi connectivity index (χ3n) is 5.50. The number of nitrogens with two attached hydrogens (primary N) is 1. The van der Waals surface area contributed by atoms with Gasteiger partial charge in [0.25, 0.3) is 0 Å². The fraction of sp³-hybridized carbons (Fsp3) is 0.850. The molecule has 2 saturated heterocycles. The van der Waals surface area contributed by atoms with E-state index < -0.39 is 11.9 Å². The summed E-state index contributed by atoms with van der Waals surface area (Å²) in [7, 11) is 0. The molecular formula is C20H37N5O5. The van der Waals surface area contributed by atoms with Crippen LogP contribution in [0.15, 0.2) is 0 Å². The van der Waals surface area contributed by atoms with Crippen LogP contribution in [0.4, 0.5) is 4.79 Å². The first-order valence-corrected chi connectivity index (χ1v) is 11.0. The van der Waals surface area contributed by atoms with Crippen LogP contribution in [0.1, 0.15) is 32.6 Å². The molecule has 2 rings (SSSR count). The average Bonchev–Trinajstić information content (AvgIpc) is 2.73. The molecule has 0 saturated carbocycles. The first-order valence-electron chi connectivity index (χ1n) is 11.0. The number of urea groups is 1. The van der Waals surface area contributed by atoms with Gasteiger partial charge in [0, 0.05) is 32.8 Å². The maximum Gasteiger partial charge on any atom is 0.320 e. The predicted molar refractivity (Wildman–Crippen MR) is 112 cm³/mol. The Morgan fingerprint density at radius 1 is 1.13 bits per heavy atom. The average molecular weight is 428 g/mol. The van der Waals surface area contributed by atoms with Gasteiger partial charge in [0.15, 0.2) is 0 Å². The van der Waals surface area contributed by atoms with Crippen LogP contribution in [0.5, 0.6) is 0 Å². The maximum atomic E-state index is 12.4. The normalized spacial score (nSPS) is 18.4. The molecule has 2 fully saturated rings. The second kappa shape index (κ2) is 13.4. The van der Waals surface area contributed by atoms with Crippen LogP contribution in [0.25, 0.3) is 0 Å². The third-order valence-corrected chi connectivity index (χ3v) is 5.50. The lowest BCUT2D eigenvalue weighted by Gasteiger charge is -2.33. The molecule has 0 aromatic heterocycles. The quantitative estimate of drug-likeness (QED) is 0.381. The Kier molecular flexibility index (Phi) is 10.9. The summed E-state index contributed by atoms with van der Waals surface area (Å²) >= 11 is 0. The lowest BCUT2D eigenvalue weighted by atomic mass is 9.99. The van der Waals surface area contributed by atoms with Gasteiger partial charge in [-0.15, -0.1) is 0 Å². The molecule has 0 radical (unpaired) electrons. The van der Waals surface area contributed by atoms with E-state index in [1.54, 1.807) is 16.7 Å². The number of hydrogen-bond acceptors (Lipinski definition) is 7. The van der Waals surface area contributed by atoms with Crippen LogP contribution in [0.2, 0.25) is 0 Å². The largest absolute Gasteiger partial charge is 0.465 e. The standard InChI is InChI=1S/C20H37N5O5/c1-2-29-19(27)14-24(13-18(21)26)12-9-23-20(28)25-10-5-17(6-11-25)30-15-16-3-7-22-8-4-16/h16-17,22H,2-15H2,1H3,(H2,21,26)(H,23,28). The first-order chi connectivity index (χ1) is 14.5. The predicted octanol–water partition coefficient (Wildman–Crippen LogP) is -0.473. The highest BCUT2D eigenvalue weighted by molar-refractivity contribution is 5.77. The Bertz CT molecular complexity index is 548. The Hall–Kier alpha value is -1.91. The molecule has 2 heterocycles. The molecule has 3 amide bonds. The van der Waals surface area contributed by atoms with Crippen molar-refractivity contribution in [2.45, 2.75) is 38.7 Å². The van der Waals surface area contributed by atoms with Gasteiger partial charge in [0.1, 0.15) is 0 Å². The first kappa shape index (κ1) is 24.4. The van der Waals surface area contributed by atoms with Crippen LogP contribution in [0, 0.1) is 5.92 Å². The van der Waals surface area contributed by atoms with Crippen LogP contribution in [-0.2, 0) is 19.1 Å². The van der Waals surface area contributed by atoms with Gasteiger partial charge in [-0.1, -0.05) is 0 Å². The molecule has 0 unspecified atom stereocenters. The van der Waals surface area contributed by atoms with E-state index in [1.165, 1.54) is 12.8 Å². The summed E-state index contributed by atoms with van der Waals surface area (Å²) in [6.07, 6.45) is 4.25. The molecule has 0 aliphatic carbocycles. The van der Waals surface area contributed by atoms with Crippen molar-refractivity contribution in [3.63, 3.8) is 0 Å². The zero-order valence-corrected chi connectivity index (χ0v) is 18.1. The van der Waals surface area contributed by atoms with Crippen molar-refractivity contribution in [3.8, 4) is 0 Å². The zero-order valence-electron chi connectivity index (χ0n) is 18.1. The smallest absolute Gasteiger partial charge is 0.320 e. The summed E-state index contributed by atoms with van der Waals surface area (Å²) in [5.74, 6) is -0.306. The van der Waals surface area contributed by atoms with Crippen LogP contribution in [0.3, 0.4) is 0 Å². The van der Waals surface area contributed by atoms with Crippen molar-refractivity contribution in [3.05, 3.63) is 0 Å². The van der Waals surface area contributed by atoms with Crippen LogP contribution >= 0.6 is 0 Å². The van der Waals surface area contributed by atoms with Crippen molar-refractivity contribution in [1.82, 2.24) is 20.4 Å². The van der Waals surface area contributed by atoms with Crippen molar-refractivity contribution in [2.24, 2.45) is 11.7 Å². The van der Waals surface area contributed by atoms with Crippen molar-refractivity contribution in [1.29, 1.82) is 0 Å². The molecule has 30 heavy (non-hydrogen) atoms. The summed E-state index contributed by atoms with van der Waals surface area (Å²) in [6.45, 7) is 6.84. The Balaban J connectivity index is 1.63. The Labute approximate surface area is 178 Å². The number of piperidine rings is 2. The number of ether oxygens (including phenoxy) is 2. The molecular weight excluding hydrogens is 390 g/mol. The van der Waals surface area contributed by atoms with E-state index in [9.17, 15) is 14.4 Å². The van der Waals surface area contributed by atoms with Gasteiger partial charge in [-0.2, -0.15) is 0 Å². The van der Waals surface area contributed by atoms with Gasteiger partial charge < -0.3 is 30.7 Å². The van der Waals surface area contributed by atoms with Gasteiger partial charge in [0.2, 0.25) is 5.91 Å². The van der Waals surface area contributed by atoms with Crippen LogP contribution in [-0.4, -0.2) is 99.4 Å². The molecule has 0 aromatic rings. The minimum absolute atomic E-state index is 0.0353. The van der Waals surface area contributed by atoms with E-state index in [1.807, 2.05) is 0 Å². The molecule has 0 atom stereocenters. The fourth-order valence-electron chi connectivity index (χ4n) is 3.80. The van der Waals surface area contributed by atoms with E-state index in [4.69, 9.17) is 15.2 Å². The zero-order chi connectivity index (χ0) is 21.8. The number of rotatable bonds is 11. The highest BCUT2D eigenvalue weighted by atomic mass is 16.5. The van der Waals surface area contributed by atoms with E-state index in [0.717, 1.165) is 32.5 Å². The number of carbonyl (C=O) groups excluding carboxylic acids is 3. The number of nitrogens with zero attached hydrogens (tertiary/aromatic N) is 2. The number of likely N-dealkylation sites (tertiary alicyclic amines) is 1. The van der Waals surface area contributed by atoms with Gasteiger partial charge in [-0.3, -0.25) is 14.5 Å². The molecule has 0 bridgehead atoms. The minimum Gasteiger partial charge on any atom is -0.465 e. The lowest BCUT2D eigenvalue weighted by molar-refractivity contribution is -0.144. The summed E-state index contributed by atoms with van der Waals surface area (Å²) in [5.41, 5.74) is 5.23. The van der Waals surface area contributed by atoms with Gasteiger partial charge in [-0.25, -0.2) is 4.79 Å². The minimum atomic E-state index is -0.530. The molecule has 0 spiro atoms. The van der Waals surface area contributed by atoms with Gasteiger partial charge in [-0.05, 0) is 51.6 Å². The van der Waals surface area contributed by atoms with E-state index in [0.29, 0.717) is 32.1 Å². The Morgan fingerprint density at radius 3 is 2.47 bits per heavy atom. The maximum absolute atomic E-state index is 12.4. The van der Waals surface area contributed by atoms with Crippen LogP contribution < -0.4 is 16.4 Å². The monoisotopic (exact) mass is 427 g/mol. The molecule has 10 nitrogen and oxygen atoms in total. The number of amides is 3. The Morgan fingerprint density at radius 2 is 1.83 bits per heavy atom. The van der Waals surface area contributed by atoms with Gasteiger partial charge in [0.05, 0.1) is 25.8 Å².